The molecule has 8 heteroatoms. The Balaban J connectivity index is 2.80. The van der Waals surface area contributed by atoms with Gasteiger partial charge in [-0.15, -0.1) is 0 Å². The van der Waals surface area contributed by atoms with Crippen molar-refractivity contribution in [3.05, 3.63) is 23.9 Å². The molecule has 0 amide bonds. The number of pyridine rings is 1. The van der Waals surface area contributed by atoms with E-state index in [0.29, 0.717) is 5.03 Å². The molecule has 0 bridgehead atoms. The van der Waals surface area contributed by atoms with E-state index in [-0.39, 0.29) is 24.3 Å². The number of rotatable bonds is 8. The number of hydrogen-bond acceptors (Lipinski definition) is 6. The highest BCUT2D eigenvalue weighted by atomic mass is 32.2. The molecule has 106 valence electrons. The summed E-state index contributed by atoms with van der Waals surface area (Å²) in [6.45, 7) is 3.98. The zero-order valence-electron chi connectivity index (χ0n) is 10.7. The Hall–Kier alpha value is -0.880. The fraction of sp³-hybridized carbons (Fsp3) is 0.455. The van der Waals surface area contributed by atoms with Crippen molar-refractivity contribution in [2.75, 3.05) is 18.7 Å². The number of hydrogen-bond donors (Lipinski definition) is 1. The van der Waals surface area contributed by atoms with Crippen LogP contribution >= 0.6 is 19.4 Å². The minimum atomic E-state index is -3.20. The van der Waals surface area contributed by atoms with E-state index in [1.807, 2.05) is 0 Å². The van der Waals surface area contributed by atoms with Crippen molar-refractivity contribution < 1.29 is 23.5 Å². The van der Waals surface area contributed by atoms with Crippen molar-refractivity contribution in [2.45, 2.75) is 18.9 Å². The molecule has 1 rings (SSSR count). The third-order valence-electron chi connectivity index (χ3n) is 2.01. The summed E-state index contributed by atoms with van der Waals surface area (Å²) in [4.78, 5) is 15.0. The van der Waals surface area contributed by atoms with Gasteiger partial charge in [-0.05, 0) is 26.0 Å². The van der Waals surface area contributed by atoms with E-state index in [1.165, 1.54) is 18.3 Å². The van der Waals surface area contributed by atoms with Gasteiger partial charge in [-0.3, -0.25) is 4.57 Å². The molecule has 1 aromatic rings. The summed E-state index contributed by atoms with van der Waals surface area (Å²) in [5.41, 5.74) is 0.110. The Labute approximate surface area is 116 Å². The SMILES string of the molecule is CCOP(=O)(CSc1ncccc1C(=O)O)OCC. The molecule has 0 unspecified atom stereocenters. The Morgan fingerprint density at radius 2 is 2.05 bits per heavy atom. The Bertz CT molecular complexity index is 472. The van der Waals surface area contributed by atoms with Crippen molar-refractivity contribution in [2.24, 2.45) is 0 Å². The van der Waals surface area contributed by atoms with Crippen LogP contribution in [0, 0.1) is 0 Å². The van der Waals surface area contributed by atoms with Crippen molar-refractivity contribution in [3.8, 4) is 0 Å². The number of carboxylic acids is 1. The molecule has 1 aromatic heterocycles. The first-order valence-corrected chi connectivity index (χ1v) is 8.43. The minimum absolute atomic E-state index is 0.0337. The second kappa shape index (κ2) is 7.65. The van der Waals surface area contributed by atoms with Gasteiger partial charge < -0.3 is 14.2 Å². The highest BCUT2D eigenvalue weighted by Crippen LogP contribution is 2.52. The summed E-state index contributed by atoms with van der Waals surface area (Å²) in [7, 11) is -3.20. The molecule has 0 fully saturated rings. The smallest absolute Gasteiger partial charge is 0.340 e. The summed E-state index contributed by atoms with van der Waals surface area (Å²) in [5.74, 6) is -1.07. The van der Waals surface area contributed by atoms with Gasteiger partial charge in [0.25, 0.3) is 0 Å². The van der Waals surface area contributed by atoms with Crippen LogP contribution in [0.15, 0.2) is 23.4 Å². The summed E-state index contributed by atoms with van der Waals surface area (Å²) in [5, 5.41) is 9.32. The van der Waals surface area contributed by atoms with Crippen LogP contribution in [0.4, 0.5) is 0 Å². The Morgan fingerprint density at radius 1 is 1.42 bits per heavy atom. The van der Waals surface area contributed by atoms with Gasteiger partial charge in [-0.25, -0.2) is 9.78 Å². The van der Waals surface area contributed by atoms with E-state index in [0.717, 1.165) is 11.8 Å². The molecule has 19 heavy (non-hydrogen) atoms. The lowest BCUT2D eigenvalue weighted by Crippen LogP contribution is -2.02. The zero-order valence-corrected chi connectivity index (χ0v) is 12.4. The molecule has 1 N–H and O–H groups in total. The molecule has 0 aromatic carbocycles. The molecule has 0 saturated carbocycles. The van der Waals surface area contributed by atoms with E-state index in [2.05, 4.69) is 4.98 Å². The predicted molar refractivity (Wildman–Crippen MR) is 72.8 cm³/mol. The monoisotopic (exact) mass is 305 g/mol. The molecule has 0 radical (unpaired) electrons. The second-order valence-electron chi connectivity index (χ2n) is 3.38. The van der Waals surface area contributed by atoms with E-state index in [9.17, 15) is 9.36 Å². The largest absolute Gasteiger partial charge is 0.478 e. The van der Waals surface area contributed by atoms with Gasteiger partial charge in [0.2, 0.25) is 0 Å². The van der Waals surface area contributed by atoms with Gasteiger partial charge >= 0.3 is 13.6 Å². The van der Waals surface area contributed by atoms with Crippen LogP contribution in [-0.2, 0) is 13.6 Å². The lowest BCUT2D eigenvalue weighted by molar-refractivity contribution is 0.0692. The molecule has 0 saturated heterocycles. The lowest BCUT2D eigenvalue weighted by Gasteiger charge is -2.16. The van der Waals surface area contributed by atoms with Crippen molar-refractivity contribution in [1.82, 2.24) is 4.98 Å². The normalized spacial score (nSPS) is 11.5. The van der Waals surface area contributed by atoms with Gasteiger partial charge in [-0.2, -0.15) is 0 Å². The lowest BCUT2D eigenvalue weighted by atomic mass is 10.3. The number of carbonyl (C=O) groups is 1. The van der Waals surface area contributed by atoms with Crippen LogP contribution in [0.3, 0.4) is 0 Å². The van der Waals surface area contributed by atoms with E-state index in [1.54, 1.807) is 13.8 Å². The van der Waals surface area contributed by atoms with Crippen molar-refractivity contribution in [1.29, 1.82) is 0 Å². The predicted octanol–water partition coefficient (Wildman–Crippen LogP) is 3.10. The van der Waals surface area contributed by atoms with E-state index >= 15 is 0 Å². The van der Waals surface area contributed by atoms with Crippen LogP contribution in [0.25, 0.3) is 0 Å². The maximum absolute atomic E-state index is 12.2. The molecule has 0 aliphatic heterocycles. The average molecular weight is 305 g/mol. The van der Waals surface area contributed by atoms with Crippen LogP contribution in [-0.4, -0.2) is 34.8 Å². The summed E-state index contributed by atoms with van der Waals surface area (Å²) in [6.07, 6.45) is 1.49. The first-order valence-electron chi connectivity index (χ1n) is 5.71. The maximum atomic E-state index is 12.2. The highest BCUT2D eigenvalue weighted by Gasteiger charge is 2.25. The van der Waals surface area contributed by atoms with E-state index < -0.39 is 13.6 Å². The molecule has 0 aliphatic rings. The fourth-order valence-corrected chi connectivity index (χ4v) is 4.34. The zero-order chi connectivity index (χ0) is 14.3. The topological polar surface area (TPSA) is 85.7 Å². The van der Waals surface area contributed by atoms with Gasteiger partial charge in [0.1, 0.15) is 10.5 Å². The average Bonchev–Trinajstić information content (AvgIpc) is 2.37. The number of aromatic nitrogens is 1. The quantitative estimate of drug-likeness (QED) is 0.583. The number of carboxylic acid groups (broad SMARTS) is 1. The van der Waals surface area contributed by atoms with E-state index in [4.69, 9.17) is 14.2 Å². The molecule has 0 atom stereocenters. The van der Waals surface area contributed by atoms with Crippen LogP contribution < -0.4 is 0 Å². The summed E-state index contributed by atoms with van der Waals surface area (Å²) >= 11 is 1.06. The number of aromatic carboxylic acids is 1. The van der Waals surface area contributed by atoms with Crippen LogP contribution in [0.1, 0.15) is 24.2 Å². The van der Waals surface area contributed by atoms with Gasteiger partial charge in [0.15, 0.2) is 0 Å². The second-order valence-corrected chi connectivity index (χ2v) is 6.83. The first kappa shape index (κ1) is 16.2. The summed E-state index contributed by atoms with van der Waals surface area (Å²) < 4.78 is 22.5. The molecular weight excluding hydrogens is 289 g/mol. The Morgan fingerprint density at radius 3 is 2.58 bits per heavy atom. The van der Waals surface area contributed by atoms with Gasteiger partial charge in [0, 0.05) is 6.20 Å². The molecular formula is C11H16NO5PS. The first-order chi connectivity index (χ1) is 9.02. The third-order valence-corrected chi connectivity index (χ3v) is 5.70. The third kappa shape index (κ3) is 4.95. The van der Waals surface area contributed by atoms with Crippen LogP contribution in [0.2, 0.25) is 0 Å². The Kier molecular flexibility index (Phi) is 6.51. The van der Waals surface area contributed by atoms with Crippen molar-refractivity contribution in [3.63, 3.8) is 0 Å². The van der Waals surface area contributed by atoms with Crippen LogP contribution in [0.5, 0.6) is 0 Å². The minimum Gasteiger partial charge on any atom is -0.478 e. The van der Waals surface area contributed by atoms with Gasteiger partial charge in [0.05, 0.1) is 18.8 Å². The maximum Gasteiger partial charge on any atom is 0.340 e. The highest BCUT2D eigenvalue weighted by molar-refractivity contribution is 8.04. The molecule has 6 nitrogen and oxygen atoms in total. The molecule has 0 aliphatic carbocycles. The standard InChI is InChI=1S/C11H16NO5PS/c1-3-16-18(15,17-4-2)8-19-10-9(11(13)14)6-5-7-12-10/h5-7H,3-4,8H2,1-2H3,(H,13,14). The van der Waals surface area contributed by atoms with Crippen molar-refractivity contribution >= 4 is 25.3 Å². The molecule has 1 heterocycles. The fourth-order valence-electron chi connectivity index (χ4n) is 1.31. The van der Waals surface area contributed by atoms with Gasteiger partial charge in [-0.1, -0.05) is 11.8 Å². The molecule has 0 spiro atoms. The summed E-state index contributed by atoms with van der Waals surface area (Å²) in [6, 6.07) is 2.99. The number of thioether (sulfide) groups is 1. The number of nitrogens with zero attached hydrogens (tertiary/aromatic N) is 1.